The number of rotatable bonds is 9. The summed E-state index contributed by atoms with van der Waals surface area (Å²) in [5, 5.41) is 7.95. The van der Waals surface area contributed by atoms with Gasteiger partial charge < -0.3 is 19.8 Å². The number of nitrogens with zero attached hydrogens (tertiary/aromatic N) is 1. The second-order valence-corrected chi connectivity index (χ2v) is 8.20. The Labute approximate surface area is 199 Å². The molecule has 0 radical (unpaired) electrons. The Kier molecular flexibility index (Phi) is 7.46. The first kappa shape index (κ1) is 22.9. The number of ether oxygens (including phenoxy) is 1. The zero-order valence-electron chi connectivity index (χ0n) is 18.0. The predicted molar refractivity (Wildman–Crippen MR) is 126 cm³/mol. The maximum absolute atomic E-state index is 12.3. The van der Waals surface area contributed by atoms with Gasteiger partial charge in [-0.15, -0.1) is 11.3 Å². The van der Waals surface area contributed by atoms with E-state index in [9.17, 15) is 14.4 Å². The van der Waals surface area contributed by atoms with E-state index in [-0.39, 0.29) is 30.6 Å². The van der Waals surface area contributed by atoms with Crippen molar-refractivity contribution in [3.63, 3.8) is 0 Å². The summed E-state index contributed by atoms with van der Waals surface area (Å²) in [6.45, 7) is 0.457. The summed E-state index contributed by atoms with van der Waals surface area (Å²) in [5.74, 6) is -0.826. The molecule has 0 fully saturated rings. The molecule has 2 amide bonds. The van der Waals surface area contributed by atoms with E-state index in [4.69, 9.17) is 9.15 Å². The fourth-order valence-electron chi connectivity index (χ4n) is 3.01. The Hall–Kier alpha value is -4.24. The zero-order valence-corrected chi connectivity index (χ0v) is 18.8. The van der Waals surface area contributed by atoms with Gasteiger partial charge in [0, 0.05) is 17.6 Å². The first-order valence-electron chi connectivity index (χ1n) is 10.4. The van der Waals surface area contributed by atoms with Crippen LogP contribution in [0.1, 0.15) is 37.2 Å². The van der Waals surface area contributed by atoms with Gasteiger partial charge in [-0.25, -0.2) is 9.78 Å². The number of carbonyl (C=O) groups excluding carboxylic acids is 3. The molecule has 2 aromatic heterocycles. The van der Waals surface area contributed by atoms with Crippen LogP contribution in [0.2, 0.25) is 0 Å². The normalized spacial score (nSPS) is 10.5. The van der Waals surface area contributed by atoms with E-state index < -0.39 is 5.97 Å². The number of anilines is 1. The summed E-state index contributed by atoms with van der Waals surface area (Å²) in [7, 11) is 0. The third-order valence-electron chi connectivity index (χ3n) is 4.72. The van der Waals surface area contributed by atoms with Crippen molar-refractivity contribution in [1.82, 2.24) is 10.3 Å². The maximum Gasteiger partial charge on any atom is 0.338 e. The highest BCUT2D eigenvalue weighted by atomic mass is 32.1. The number of esters is 1. The second-order valence-electron chi connectivity index (χ2n) is 7.26. The van der Waals surface area contributed by atoms with Gasteiger partial charge in [0.05, 0.1) is 23.9 Å². The van der Waals surface area contributed by atoms with E-state index in [2.05, 4.69) is 15.6 Å². The summed E-state index contributed by atoms with van der Waals surface area (Å²) in [5.41, 5.74) is 2.46. The van der Waals surface area contributed by atoms with Gasteiger partial charge in [-0.05, 0) is 42.0 Å². The van der Waals surface area contributed by atoms with Crippen molar-refractivity contribution in [3.8, 4) is 0 Å². The molecule has 0 aliphatic carbocycles. The smallest absolute Gasteiger partial charge is 0.338 e. The molecule has 0 bridgehead atoms. The Morgan fingerprint density at radius 2 is 1.76 bits per heavy atom. The quantitative estimate of drug-likeness (QED) is 0.351. The van der Waals surface area contributed by atoms with Gasteiger partial charge in [-0.2, -0.15) is 0 Å². The number of nitrogens with one attached hydrogen (secondary N) is 2. The van der Waals surface area contributed by atoms with E-state index in [0.717, 1.165) is 5.56 Å². The Morgan fingerprint density at radius 3 is 2.50 bits per heavy atom. The molecule has 0 aliphatic rings. The molecule has 4 rings (SSSR count). The lowest BCUT2D eigenvalue weighted by molar-refractivity contribution is -0.120. The van der Waals surface area contributed by atoms with Crippen LogP contribution in [0, 0.1) is 0 Å². The molecule has 2 N–H and O–H groups in total. The monoisotopic (exact) mass is 475 g/mol. The molecule has 9 heteroatoms. The largest absolute Gasteiger partial charge is 0.459 e. The lowest BCUT2D eigenvalue weighted by atomic mass is 10.2. The van der Waals surface area contributed by atoms with Crippen LogP contribution in [0.4, 0.5) is 5.69 Å². The molecule has 0 saturated heterocycles. The number of hydrogen-bond acceptors (Lipinski definition) is 7. The van der Waals surface area contributed by atoms with Gasteiger partial charge in [0.2, 0.25) is 5.91 Å². The van der Waals surface area contributed by atoms with E-state index >= 15 is 0 Å². The Bertz CT molecular complexity index is 1250. The van der Waals surface area contributed by atoms with Crippen LogP contribution in [0.25, 0.3) is 0 Å². The van der Waals surface area contributed by atoms with Crippen molar-refractivity contribution < 1.29 is 23.5 Å². The number of hydrogen-bond donors (Lipinski definition) is 2. The minimum absolute atomic E-state index is 0.00204. The van der Waals surface area contributed by atoms with E-state index in [0.29, 0.717) is 28.5 Å². The molecule has 0 spiro atoms. The maximum atomic E-state index is 12.3. The number of thiazole rings is 1. The third-order valence-corrected chi connectivity index (χ3v) is 5.62. The average molecular weight is 476 g/mol. The minimum Gasteiger partial charge on any atom is -0.459 e. The summed E-state index contributed by atoms with van der Waals surface area (Å²) in [6.07, 6.45) is 1.58. The molecule has 34 heavy (non-hydrogen) atoms. The molecule has 2 aromatic carbocycles. The lowest BCUT2D eigenvalue weighted by Gasteiger charge is -2.06. The lowest BCUT2D eigenvalue weighted by Crippen LogP contribution is -2.24. The summed E-state index contributed by atoms with van der Waals surface area (Å²) in [6, 6.07) is 19.2. The SMILES string of the molecule is O=C(Cc1nc(COC(=O)c2ccc(NC(=O)c3ccco3)cc2)cs1)NCc1ccccc1. The van der Waals surface area contributed by atoms with Crippen molar-refractivity contribution in [3.05, 3.63) is 106 Å². The first-order chi connectivity index (χ1) is 16.6. The fourth-order valence-corrected chi connectivity index (χ4v) is 3.78. The van der Waals surface area contributed by atoms with Crippen LogP contribution in [0.15, 0.2) is 82.8 Å². The molecular formula is C25H21N3O5S. The van der Waals surface area contributed by atoms with Crippen LogP contribution in [0.5, 0.6) is 0 Å². The summed E-state index contributed by atoms with van der Waals surface area (Å²) >= 11 is 1.34. The standard InChI is InChI=1S/C25H21N3O5S/c29-22(26-14-17-5-2-1-3-6-17)13-23-27-20(16-34-23)15-33-25(31)18-8-10-19(11-9-18)28-24(30)21-7-4-12-32-21/h1-12,16H,13-15H2,(H,26,29)(H,28,30). The van der Waals surface area contributed by atoms with Crippen LogP contribution >= 0.6 is 11.3 Å². The number of amides is 2. The second kappa shape index (κ2) is 11.1. The highest BCUT2D eigenvalue weighted by molar-refractivity contribution is 7.09. The van der Waals surface area contributed by atoms with Crippen molar-refractivity contribution in [2.45, 2.75) is 19.6 Å². The average Bonchev–Trinajstić information content (AvgIpc) is 3.55. The number of furan rings is 1. The third kappa shape index (κ3) is 6.39. The van der Waals surface area contributed by atoms with Gasteiger partial charge in [0.25, 0.3) is 5.91 Å². The Morgan fingerprint density at radius 1 is 0.971 bits per heavy atom. The van der Waals surface area contributed by atoms with Crippen LogP contribution in [0.3, 0.4) is 0 Å². The van der Waals surface area contributed by atoms with Gasteiger partial charge in [0.15, 0.2) is 5.76 Å². The van der Waals surface area contributed by atoms with Gasteiger partial charge in [0.1, 0.15) is 11.6 Å². The van der Waals surface area contributed by atoms with Crippen LogP contribution in [-0.4, -0.2) is 22.8 Å². The summed E-state index contributed by atoms with van der Waals surface area (Å²) in [4.78, 5) is 40.8. The van der Waals surface area contributed by atoms with Crippen molar-refractivity contribution in [2.24, 2.45) is 0 Å². The molecule has 8 nitrogen and oxygen atoms in total. The van der Waals surface area contributed by atoms with Crippen molar-refractivity contribution in [1.29, 1.82) is 0 Å². The van der Waals surface area contributed by atoms with E-state index in [1.165, 1.54) is 17.6 Å². The number of aromatic nitrogens is 1. The minimum atomic E-state index is -0.515. The highest BCUT2D eigenvalue weighted by Crippen LogP contribution is 2.15. The fraction of sp³-hybridized carbons (Fsp3) is 0.120. The Balaban J connectivity index is 1.22. The highest BCUT2D eigenvalue weighted by Gasteiger charge is 2.13. The van der Waals surface area contributed by atoms with Gasteiger partial charge in [-0.1, -0.05) is 30.3 Å². The van der Waals surface area contributed by atoms with Gasteiger partial charge in [-0.3, -0.25) is 9.59 Å². The first-order valence-corrected chi connectivity index (χ1v) is 11.3. The number of benzene rings is 2. The van der Waals surface area contributed by atoms with Crippen LogP contribution < -0.4 is 10.6 Å². The molecule has 4 aromatic rings. The number of carbonyl (C=O) groups is 3. The topological polar surface area (TPSA) is 111 Å². The zero-order chi connectivity index (χ0) is 23.8. The molecule has 0 atom stereocenters. The molecule has 0 saturated carbocycles. The van der Waals surface area contributed by atoms with Crippen molar-refractivity contribution >= 4 is 34.8 Å². The molecule has 172 valence electrons. The van der Waals surface area contributed by atoms with Crippen LogP contribution in [-0.2, 0) is 29.1 Å². The predicted octanol–water partition coefficient (Wildman–Crippen LogP) is 4.20. The van der Waals surface area contributed by atoms with E-state index in [1.807, 2.05) is 30.3 Å². The molecular weight excluding hydrogens is 454 g/mol. The molecule has 0 aliphatic heterocycles. The van der Waals surface area contributed by atoms with Crippen molar-refractivity contribution in [2.75, 3.05) is 5.32 Å². The molecule has 2 heterocycles. The van der Waals surface area contributed by atoms with E-state index in [1.54, 1.807) is 41.8 Å². The molecule has 0 unspecified atom stereocenters. The summed E-state index contributed by atoms with van der Waals surface area (Å²) < 4.78 is 10.4. The van der Waals surface area contributed by atoms with Gasteiger partial charge >= 0.3 is 5.97 Å².